The number of Topliss-reactive ketones (excluding diaryl/α,β-unsaturated/α-hetero) is 1. The fraction of sp³-hybridized carbons (Fsp3) is 0.150. The molecule has 0 unspecified atom stereocenters. The van der Waals surface area contributed by atoms with Crippen molar-refractivity contribution in [2.24, 2.45) is 0 Å². The van der Waals surface area contributed by atoms with Crippen LogP contribution in [0.5, 0.6) is 5.75 Å². The topological polar surface area (TPSA) is 76.1 Å². The smallest absolute Gasteiger partial charge is 0.229 e. The molecule has 0 radical (unpaired) electrons. The number of hydrogen-bond donors (Lipinski definition) is 2. The average molecular weight is 348 g/mol. The Morgan fingerprint density at radius 3 is 2.58 bits per heavy atom. The number of aromatic nitrogens is 2. The molecule has 2 N–H and O–H groups in total. The van der Waals surface area contributed by atoms with Crippen LogP contribution in [0.3, 0.4) is 0 Å². The van der Waals surface area contributed by atoms with Crippen molar-refractivity contribution in [1.29, 1.82) is 0 Å². The molecular formula is C20H20N4O2. The number of hydrogen-bond acceptors (Lipinski definition) is 6. The summed E-state index contributed by atoms with van der Waals surface area (Å²) in [5, 5.41) is 6.40. The number of anilines is 3. The van der Waals surface area contributed by atoms with E-state index < -0.39 is 0 Å². The van der Waals surface area contributed by atoms with Crippen LogP contribution in [0.25, 0.3) is 0 Å². The van der Waals surface area contributed by atoms with Crippen LogP contribution in [-0.2, 0) is 6.54 Å². The summed E-state index contributed by atoms with van der Waals surface area (Å²) in [7, 11) is 1.66. The normalized spacial score (nSPS) is 10.2. The van der Waals surface area contributed by atoms with Crippen LogP contribution in [0.4, 0.5) is 17.5 Å². The number of nitrogens with one attached hydrogen (secondary N) is 2. The number of carbonyl (C=O) groups excluding carboxylic acids is 1. The van der Waals surface area contributed by atoms with Gasteiger partial charge in [0.25, 0.3) is 0 Å². The highest BCUT2D eigenvalue weighted by molar-refractivity contribution is 5.94. The summed E-state index contributed by atoms with van der Waals surface area (Å²) in [6.45, 7) is 2.14. The second-order valence-electron chi connectivity index (χ2n) is 5.69. The SMILES string of the molecule is COc1ccccc1CNc1ccnc(Nc2ccc(C(C)=O)cc2)n1. The predicted octanol–water partition coefficient (Wildman–Crippen LogP) is 4.04. The average Bonchev–Trinajstić information content (AvgIpc) is 2.67. The number of ether oxygens (including phenoxy) is 1. The van der Waals surface area contributed by atoms with E-state index in [2.05, 4.69) is 20.6 Å². The highest BCUT2D eigenvalue weighted by Gasteiger charge is 2.04. The van der Waals surface area contributed by atoms with E-state index in [1.165, 1.54) is 0 Å². The molecule has 132 valence electrons. The minimum atomic E-state index is 0.0373. The van der Waals surface area contributed by atoms with Gasteiger partial charge < -0.3 is 15.4 Å². The third kappa shape index (κ3) is 4.36. The lowest BCUT2D eigenvalue weighted by Gasteiger charge is -2.11. The lowest BCUT2D eigenvalue weighted by Crippen LogP contribution is -2.05. The number of ketones is 1. The molecule has 0 amide bonds. The summed E-state index contributed by atoms with van der Waals surface area (Å²) in [4.78, 5) is 20.0. The van der Waals surface area contributed by atoms with Gasteiger partial charge in [0.05, 0.1) is 7.11 Å². The molecule has 0 fully saturated rings. The van der Waals surface area contributed by atoms with Gasteiger partial charge in [0, 0.05) is 29.6 Å². The summed E-state index contributed by atoms with van der Waals surface area (Å²) in [6.07, 6.45) is 1.68. The number of methoxy groups -OCH3 is 1. The largest absolute Gasteiger partial charge is 0.496 e. The summed E-state index contributed by atoms with van der Waals surface area (Å²) in [5.74, 6) is 2.05. The maximum atomic E-state index is 11.3. The first-order valence-electron chi connectivity index (χ1n) is 8.22. The summed E-state index contributed by atoms with van der Waals surface area (Å²) >= 11 is 0. The van der Waals surface area contributed by atoms with E-state index in [-0.39, 0.29) is 5.78 Å². The van der Waals surface area contributed by atoms with E-state index in [9.17, 15) is 4.79 Å². The van der Waals surface area contributed by atoms with E-state index >= 15 is 0 Å². The first kappa shape index (κ1) is 17.4. The lowest BCUT2D eigenvalue weighted by molar-refractivity contribution is 0.101. The third-order valence-corrected chi connectivity index (χ3v) is 3.86. The van der Waals surface area contributed by atoms with Crippen molar-refractivity contribution < 1.29 is 9.53 Å². The van der Waals surface area contributed by atoms with E-state index in [0.717, 1.165) is 17.0 Å². The fourth-order valence-electron chi connectivity index (χ4n) is 2.47. The monoisotopic (exact) mass is 348 g/mol. The van der Waals surface area contributed by atoms with E-state index in [4.69, 9.17) is 4.74 Å². The first-order chi connectivity index (χ1) is 12.7. The van der Waals surface area contributed by atoms with Crippen LogP contribution in [-0.4, -0.2) is 22.9 Å². The number of para-hydroxylation sites is 1. The van der Waals surface area contributed by atoms with Gasteiger partial charge in [-0.05, 0) is 43.3 Å². The Morgan fingerprint density at radius 1 is 1.08 bits per heavy atom. The molecule has 1 aromatic heterocycles. The highest BCUT2D eigenvalue weighted by atomic mass is 16.5. The minimum absolute atomic E-state index is 0.0373. The molecule has 0 atom stereocenters. The standard InChI is InChI=1S/C20H20N4O2/c1-14(25)15-7-9-17(10-8-15)23-20-21-12-11-19(24-20)22-13-16-5-3-4-6-18(16)26-2/h3-12H,13H2,1-2H3,(H2,21,22,23,24). The molecule has 0 saturated heterocycles. The van der Waals surface area contributed by atoms with Crippen LogP contribution < -0.4 is 15.4 Å². The number of nitrogens with zero attached hydrogens (tertiary/aromatic N) is 2. The van der Waals surface area contributed by atoms with Crippen LogP contribution in [0, 0.1) is 0 Å². The highest BCUT2D eigenvalue weighted by Crippen LogP contribution is 2.19. The van der Waals surface area contributed by atoms with Gasteiger partial charge in [-0.1, -0.05) is 18.2 Å². The molecule has 6 nitrogen and oxygen atoms in total. The van der Waals surface area contributed by atoms with Gasteiger partial charge >= 0.3 is 0 Å². The Bertz CT molecular complexity index is 894. The minimum Gasteiger partial charge on any atom is -0.496 e. The summed E-state index contributed by atoms with van der Waals surface area (Å²) < 4.78 is 5.35. The molecule has 3 rings (SSSR count). The zero-order chi connectivity index (χ0) is 18.4. The van der Waals surface area contributed by atoms with Crippen LogP contribution in [0.15, 0.2) is 60.8 Å². The third-order valence-electron chi connectivity index (χ3n) is 3.86. The zero-order valence-corrected chi connectivity index (χ0v) is 14.7. The van der Waals surface area contributed by atoms with E-state index in [1.54, 1.807) is 38.4 Å². The van der Waals surface area contributed by atoms with Gasteiger partial charge in [-0.15, -0.1) is 0 Å². The quantitative estimate of drug-likeness (QED) is 0.628. The van der Waals surface area contributed by atoms with Crippen LogP contribution in [0.1, 0.15) is 22.8 Å². The molecule has 26 heavy (non-hydrogen) atoms. The van der Waals surface area contributed by atoms with Gasteiger partial charge in [-0.3, -0.25) is 4.79 Å². The number of rotatable bonds is 7. The molecular weight excluding hydrogens is 328 g/mol. The van der Waals surface area contributed by atoms with Crippen molar-refractivity contribution in [3.63, 3.8) is 0 Å². The second kappa shape index (κ2) is 8.11. The van der Waals surface area contributed by atoms with Crippen molar-refractivity contribution in [3.05, 3.63) is 71.9 Å². The van der Waals surface area contributed by atoms with Crippen LogP contribution >= 0.6 is 0 Å². The molecule has 6 heteroatoms. The maximum Gasteiger partial charge on any atom is 0.229 e. The molecule has 3 aromatic rings. The number of carbonyl (C=O) groups is 1. The molecule has 0 aliphatic heterocycles. The van der Waals surface area contributed by atoms with Gasteiger partial charge in [-0.2, -0.15) is 4.98 Å². The molecule has 1 heterocycles. The van der Waals surface area contributed by atoms with Gasteiger partial charge in [0.2, 0.25) is 5.95 Å². The Morgan fingerprint density at radius 2 is 1.85 bits per heavy atom. The molecule has 2 aromatic carbocycles. The molecule has 0 aliphatic carbocycles. The van der Waals surface area contributed by atoms with Crippen molar-refractivity contribution >= 4 is 23.2 Å². The van der Waals surface area contributed by atoms with E-state index in [0.29, 0.717) is 23.9 Å². The first-order valence-corrected chi connectivity index (χ1v) is 8.22. The predicted molar refractivity (Wildman–Crippen MR) is 102 cm³/mol. The van der Waals surface area contributed by atoms with Crippen molar-refractivity contribution in [2.45, 2.75) is 13.5 Å². The van der Waals surface area contributed by atoms with Gasteiger partial charge in [0.1, 0.15) is 11.6 Å². The summed E-state index contributed by atoms with van der Waals surface area (Å²) in [6, 6.07) is 16.8. The summed E-state index contributed by atoms with van der Waals surface area (Å²) in [5.41, 5.74) is 2.53. The number of benzene rings is 2. The van der Waals surface area contributed by atoms with Gasteiger partial charge in [0.15, 0.2) is 5.78 Å². The Kier molecular flexibility index (Phi) is 5.43. The molecule has 0 aliphatic rings. The van der Waals surface area contributed by atoms with Crippen molar-refractivity contribution in [1.82, 2.24) is 9.97 Å². The van der Waals surface area contributed by atoms with Crippen LogP contribution in [0.2, 0.25) is 0 Å². The molecule has 0 bridgehead atoms. The molecule has 0 spiro atoms. The Labute approximate surface area is 152 Å². The lowest BCUT2D eigenvalue weighted by atomic mass is 10.1. The molecule has 0 saturated carbocycles. The zero-order valence-electron chi connectivity index (χ0n) is 14.7. The second-order valence-corrected chi connectivity index (χ2v) is 5.69. The van der Waals surface area contributed by atoms with Crippen molar-refractivity contribution in [3.8, 4) is 5.75 Å². The van der Waals surface area contributed by atoms with E-state index in [1.807, 2.05) is 36.4 Å². The maximum absolute atomic E-state index is 11.3. The Balaban J connectivity index is 1.67. The van der Waals surface area contributed by atoms with Gasteiger partial charge in [-0.25, -0.2) is 4.98 Å². The van der Waals surface area contributed by atoms with Crippen molar-refractivity contribution in [2.75, 3.05) is 17.7 Å². The fourth-order valence-corrected chi connectivity index (χ4v) is 2.47. The Hall–Kier alpha value is -3.41.